The highest BCUT2D eigenvalue weighted by Crippen LogP contribution is 2.53. The van der Waals surface area contributed by atoms with Gasteiger partial charge in [0.1, 0.15) is 22.7 Å². The maximum absolute atomic E-state index is 2.54. The molecule has 1 aromatic heterocycles. The Bertz CT molecular complexity index is 2110. The number of quaternary nitrogens is 1. The van der Waals surface area contributed by atoms with Crippen molar-refractivity contribution in [1.29, 1.82) is 0 Å². The van der Waals surface area contributed by atoms with Crippen molar-refractivity contribution in [2.45, 2.75) is 6.92 Å². The molecule has 2 aliphatic rings. The number of hydrogen-bond donors (Lipinski definition) is 0. The third-order valence-electron chi connectivity index (χ3n) is 9.48. The summed E-state index contributed by atoms with van der Waals surface area (Å²) in [6, 6.07) is 55.9. The summed E-state index contributed by atoms with van der Waals surface area (Å²) in [6.45, 7) is 2.43. The Kier molecular flexibility index (Phi) is 4.88. The third-order valence-corrected chi connectivity index (χ3v) is 9.48. The Balaban J connectivity index is 1.48. The summed E-state index contributed by atoms with van der Waals surface area (Å²) >= 11 is 0. The van der Waals surface area contributed by atoms with Crippen LogP contribution < -0.4 is 20.9 Å². The SMILES string of the molecule is Cc1c(-c2ccccc2)c2cccc3c2n1-c1cccc2c1B3c1ccccc1[N+]2(c1ccccc1)c1ccccc1. The maximum atomic E-state index is 2.54. The van der Waals surface area contributed by atoms with Crippen molar-refractivity contribution in [2.24, 2.45) is 0 Å². The van der Waals surface area contributed by atoms with E-state index in [1.807, 2.05) is 0 Å². The Morgan fingerprint density at radius 2 is 1.10 bits per heavy atom. The topological polar surface area (TPSA) is 4.93 Å². The fourth-order valence-electron chi connectivity index (χ4n) is 7.97. The highest BCUT2D eigenvalue weighted by Gasteiger charge is 2.52. The van der Waals surface area contributed by atoms with Crippen LogP contribution in [0.4, 0.5) is 22.7 Å². The molecule has 0 atom stereocenters. The number of para-hydroxylation sites is 4. The highest BCUT2D eigenvalue weighted by atomic mass is 15.4. The summed E-state index contributed by atoms with van der Waals surface area (Å²) in [7, 11) is 0. The van der Waals surface area contributed by atoms with Gasteiger partial charge in [0.05, 0.1) is 0 Å². The molecule has 3 heteroatoms. The fourth-order valence-corrected chi connectivity index (χ4v) is 7.97. The lowest BCUT2D eigenvalue weighted by atomic mass is 9.33. The van der Waals surface area contributed by atoms with E-state index in [1.54, 1.807) is 0 Å². The second kappa shape index (κ2) is 8.69. The van der Waals surface area contributed by atoms with E-state index < -0.39 is 0 Å². The van der Waals surface area contributed by atoms with Crippen LogP contribution in [0, 0.1) is 6.92 Å². The molecule has 6 aromatic carbocycles. The van der Waals surface area contributed by atoms with Gasteiger partial charge in [-0.2, -0.15) is 4.48 Å². The van der Waals surface area contributed by atoms with Crippen LogP contribution in [0.1, 0.15) is 5.69 Å². The van der Waals surface area contributed by atoms with E-state index in [0.29, 0.717) is 4.48 Å². The van der Waals surface area contributed by atoms with Crippen molar-refractivity contribution < 1.29 is 0 Å². The number of fused-ring (bicyclic) bond motifs is 4. The number of nitrogens with zero attached hydrogens (tertiary/aromatic N) is 2. The van der Waals surface area contributed by atoms with E-state index in [4.69, 9.17) is 0 Å². The minimum atomic E-state index is 0.139. The number of hydrogen-bond acceptors (Lipinski definition) is 0. The average Bonchev–Trinajstić information content (AvgIpc) is 3.36. The fraction of sp³-hybridized carbons (Fsp3) is 0.0256. The molecule has 0 fully saturated rings. The number of aromatic nitrogens is 1. The Hall–Kier alpha value is -5.12. The van der Waals surface area contributed by atoms with Gasteiger partial charge in [-0.3, -0.25) is 0 Å². The summed E-state index contributed by atoms with van der Waals surface area (Å²) in [5.41, 5.74) is 15.7. The van der Waals surface area contributed by atoms with Gasteiger partial charge in [-0.05, 0) is 35.5 Å². The molecule has 0 N–H and O–H groups in total. The average molecular weight is 535 g/mol. The van der Waals surface area contributed by atoms with Crippen LogP contribution in [0.25, 0.3) is 27.7 Å². The molecule has 42 heavy (non-hydrogen) atoms. The minimum Gasteiger partial charge on any atom is -0.314 e. The zero-order valence-electron chi connectivity index (χ0n) is 23.4. The molecule has 2 aliphatic heterocycles. The van der Waals surface area contributed by atoms with E-state index >= 15 is 0 Å². The molecule has 7 aromatic rings. The number of benzene rings is 6. The molecule has 0 amide bonds. The van der Waals surface area contributed by atoms with Gasteiger partial charge < -0.3 is 4.57 Å². The van der Waals surface area contributed by atoms with Crippen LogP contribution in [-0.4, -0.2) is 11.3 Å². The summed E-state index contributed by atoms with van der Waals surface area (Å²) in [4.78, 5) is 0. The molecular weight excluding hydrogens is 507 g/mol. The zero-order valence-corrected chi connectivity index (χ0v) is 23.4. The molecule has 0 radical (unpaired) electrons. The van der Waals surface area contributed by atoms with Gasteiger partial charge in [0.25, 0.3) is 6.71 Å². The summed E-state index contributed by atoms with van der Waals surface area (Å²) < 4.78 is 3.09. The van der Waals surface area contributed by atoms with E-state index in [0.717, 1.165) is 0 Å². The highest BCUT2D eigenvalue weighted by molar-refractivity contribution is 7.00. The lowest BCUT2D eigenvalue weighted by Gasteiger charge is -2.45. The van der Waals surface area contributed by atoms with E-state index in [9.17, 15) is 0 Å². The summed E-state index contributed by atoms with van der Waals surface area (Å²) in [6.07, 6.45) is 0. The molecule has 0 unspecified atom stereocenters. The van der Waals surface area contributed by atoms with Gasteiger partial charge in [0.2, 0.25) is 0 Å². The van der Waals surface area contributed by atoms with Crippen molar-refractivity contribution >= 4 is 56.8 Å². The predicted octanol–water partition coefficient (Wildman–Crippen LogP) is 8.05. The smallest absolute Gasteiger partial charge is 0.262 e. The lowest BCUT2D eigenvalue weighted by Crippen LogP contribution is -2.63. The van der Waals surface area contributed by atoms with Gasteiger partial charge in [0.15, 0.2) is 0 Å². The Morgan fingerprint density at radius 3 is 1.81 bits per heavy atom. The number of rotatable bonds is 3. The largest absolute Gasteiger partial charge is 0.314 e. The predicted molar refractivity (Wildman–Crippen MR) is 178 cm³/mol. The summed E-state index contributed by atoms with van der Waals surface area (Å²) in [5, 5.41) is 1.32. The molecule has 196 valence electrons. The standard InChI is InChI=1S/C39H28BN2/c1-27-37(28-15-5-2-6-16-28)31-21-13-23-33-39(31)41(27)34-24-14-26-36-38(34)40(33)32-22-11-12-25-35(32)42(36,29-17-7-3-8-18-29)30-19-9-4-10-20-30/h2-26H,1H3/q+1. The monoisotopic (exact) mass is 535 g/mol. The first-order valence-electron chi connectivity index (χ1n) is 14.7. The third kappa shape index (κ3) is 2.88. The van der Waals surface area contributed by atoms with Crippen molar-refractivity contribution in [3.63, 3.8) is 0 Å². The molecule has 0 spiro atoms. The van der Waals surface area contributed by atoms with Gasteiger partial charge >= 0.3 is 0 Å². The van der Waals surface area contributed by atoms with Crippen LogP contribution >= 0.6 is 0 Å². The van der Waals surface area contributed by atoms with Crippen LogP contribution in [0.2, 0.25) is 0 Å². The van der Waals surface area contributed by atoms with Crippen LogP contribution in [0.5, 0.6) is 0 Å². The normalized spacial score (nSPS) is 14.0. The van der Waals surface area contributed by atoms with Gasteiger partial charge in [0, 0.05) is 63.6 Å². The second-order valence-electron chi connectivity index (χ2n) is 11.4. The molecule has 9 rings (SSSR count). The Morgan fingerprint density at radius 1 is 0.524 bits per heavy atom. The molecule has 0 bridgehead atoms. The van der Waals surface area contributed by atoms with Gasteiger partial charge in [-0.15, -0.1) is 0 Å². The van der Waals surface area contributed by atoms with Gasteiger partial charge in [-0.1, -0.05) is 109 Å². The second-order valence-corrected chi connectivity index (χ2v) is 11.4. The minimum absolute atomic E-state index is 0.139. The van der Waals surface area contributed by atoms with Crippen molar-refractivity contribution in [1.82, 2.24) is 9.05 Å². The van der Waals surface area contributed by atoms with Crippen molar-refractivity contribution in [3.05, 3.63) is 157 Å². The van der Waals surface area contributed by atoms with Crippen LogP contribution in [-0.2, 0) is 0 Å². The Labute approximate surface area is 246 Å². The van der Waals surface area contributed by atoms with Crippen molar-refractivity contribution in [2.75, 3.05) is 0 Å². The van der Waals surface area contributed by atoms with Crippen LogP contribution in [0.3, 0.4) is 0 Å². The quantitative estimate of drug-likeness (QED) is 0.159. The first-order valence-corrected chi connectivity index (χ1v) is 14.7. The molecule has 0 saturated carbocycles. The first kappa shape index (κ1) is 23.6. The van der Waals surface area contributed by atoms with Crippen LogP contribution in [0.15, 0.2) is 152 Å². The van der Waals surface area contributed by atoms with E-state index in [-0.39, 0.29) is 6.71 Å². The van der Waals surface area contributed by atoms with E-state index in [2.05, 4.69) is 163 Å². The van der Waals surface area contributed by atoms with Crippen molar-refractivity contribution in [3.8, 4) is 16.8 Å². The van der Waals surface area contributed by atoms with Gasteiger partial charge in [-0.25, -0.2) is 0 Å². The molecule has 0 saturated heterocycles. The molecule has 0 aliphatic carbocycles. The zero-order chi connectivity index (χ0) is 27.8. The van der Waals surface area contributed by atoms with E-state index in [1.165, 1.54) is 72.5 Å². The first-order chi connectivity index (χ1) is 20.8. The maximum Gasteiger partial charge on any atom is 0.262 e. The summed E-state index contributed by atoms with van der Waals surface area (Å²) in [5.74, 6) is 0. The molecular formula is C39H28BN2+. The molecule has 2 nitrogen and oxygen atoms in total. The molecule has 3 heterocycles. The lowest BCUT2D eigenvalue weighted by molar-refractivity contribution is 0.707.